The van der Waals surface area contributed by atoms with Crippen molar-refractivity contribution in [1.82, 2.24) is 44.8 Å². The smallest absolute Gasteiger partial charge is 0.251 e. The number of hydrogen-bond donors (Lipinski definition) is 2. The molecule has 11 heteroatoms. The monoisotopic (exact) mass is 480 g/mol. The summed E-state index contributed by atoms with van der Waals surface area (Å²) in [5.74, 6) is 1.23. The van der Waals surface area contributed by atoms with Gasteiger partial charge in [0, 0.05) is 56.0 Å². The number of rotatable bonds is 8. The number of anilines is 1. The third-order valence-corrected chi connectivity index (χ3v) is 5.63. The van der Waals surface area contributed by atoms with Gasteiger partial charge in [0.2, 0.25) is 0 Å². The second-order valence-electron chi connectivity index (χ2n) is 8.16. The van der Waals surface area contributed by atoms with Crippen LogP contribution in [0.4, 0.5) is 5.69 Å². The summed E-state index contributed by atoms with van der Waals surface area (Å²) < 4.78 is 3.61. The lowest BCUT2D eigenvalue weighted by Crippen LogP contribution is -2.23. The summed E-state index contributed by atoms with van der Waals surface area (Å²) in [6.45, 7) is 0.824. The van der Waals surface area contributed by atoms with Gasteiger partial charge in [-0.1, -0.05) is 6.07 Å². The van der Waals surface area contributed by atoms with Crippen LogP contribution < -0.4 is 10.6 Å². The molecule has 1 aromatic carbocycles. The minimum absolute atomic E-state index is 0.164. The summed E-state index contributed by atoms with van der Waals surface area (Å²) in [7, 11) is 3.75. The van der Waals surface area contributed by atoms with E-state index in [2.05, 4.69) is 40.9 Å². The molecule has 0 saturated carbocycles. The summed E-state index contributed by atoms with van der Waals surface area (Å²) in [5, 5.41) is 19.0. The normalized spacial score (nSPS) is 10.8. The molecule has 180 valence electrons. The van der Waals surface area contributed by atoms with E-state index in [4.69, 9.17) is 0 Å². The van der Waals surface area contributed by atoms with Gasteiger partial charge in [-0.05, 0) is 42.0 Å². The third-order valence-electron chi connectivity index (χ3n) is 5.63. The van der Waals surface area contributed by atoms with Gasteiger partial charge >= 0.3 is 0 Å². The minimum Gasteiger partial charge on any atom is -0.378 e. The maximum absolute atomic E-state index is 12.8. The average molecular weight is 481 g/mol. The predicted octanol–water partition coefficient (Wildman–Crippen LogP) is 2.61. The molecular formula is C25H24N10O. The van der Waals surface area contributed by atoms with Crippen molar-refractivity contribution in [3.05, 3.63) is 90.5 Å². The molecule has 0 atom stereocenters. The first-order valence-electron chi connectivity index (χ1n) is 11.3. The van der Waals surface area contributed by atoms with E-state index < -0.39 is 0 Å². The zero-order valence-corrected chi connectivity index (χ0v) is 19.8. The van der Waals surface area contributed by atoms with Gasteiger partial charge in [-0.2, -0.15) is 5.10 Å². The Bertz CT molecular complexity index is 1490. The average Bonchev–Trinajstić information content (AvgIpc) is 3.52. The largest absolute Gasteiger partial charge is 0.378 e. The molecule has 0 aliphatic carbocycles. The molecule has 0 aliphatic rings. The lowest BCUT2D eigenvalue weighted by atomic mass is 10.1. The summed E-state index contributed by atoms with van der Waals surface area (Å²) in [6, 6.07) is 13.0. The third kappa shape index (κ3) is 5.09. The van der Waals surface area contributed by atoms with Gasteiger partial charge in [0.1, 0.15) is 12.0 Å². The van der Waals surface area contributed by atoms with Gasteiger partial charge < -0.3 is 15.2 Å². The summed E-state index contributed by atoms with van der Waals surface area (Å²) in [6.07, 6.45) is 8.55. The van der Waals surface area contributed by atoms with Gasteiger partial charge in [-0.15, -0.1) is 10.2 Å². The molecule has 11 nitrogen and oxygen atoms in total. The van der Waals surface area contributed by atoms with Crippen molar-refractivity contribution in [2.24, 2.45) is 14.1 Å². The van der Waals surface area contributed by atoms with Crippen molar-refractivity contribution < 1.29 is 4.79 Å². The van der Waals surface area contributed by atoms with Gasteiger partial charge in [0.05, 0.1) is 18.4 Å². The number of amides is 1. The molecule has 2 N–H and O–H groups in total. The zero-order valence-electron chi connectivity index (χ0n) is 19.8. The molecular weight excluding hydrogens is 456 g/mol. The van der Waals surface area contributed by atoms with Crippen molar-refractivity contribution in [2.45, 2.75) is 13.1 Å². The van der Waals surface area contributed by atoms with Gasteiger partial charge in [0.25, 0.3) is 5.91 Å². The fraction of sp³-hybridized carbons (Fsp3) is 0.160. The number of pyridine rings is 1. The number of nitrogens with zero attached hydrogens (tertiary/aromatic N) is 8. The first-order valence-corrected chi connectivity index (χ1v) is 11.3. The molecule has 0 spiro atoms. The van der Waals surface area contributed by atoms with Crippen LogP contribution in [0.25, 0.3) is 22.8 Å². The fourth-order valence-corrected chi connectivity index (χ4v) is 3.69. The molecule has 0 radical (unpaired) electrons. The fourth-order valence-electron chi connectivity index (χ4n) is 3.69. The molecule has 5 rings (SSSR count). The predicted molar refractivity (Wildman–Crippen MR) is 133 cm³/mol. The van der Waals surface area contributed by atoms with E-state index in [0.29, 0.717) is 30.2 Å². The van der Waals surface area contributed by atoms with E-state index in [1.807, 2.05) is 55.2 Å². The standard InChI is InChI=1S/C25H24N10O/c1-34-15-19(13-31-34)22-10-17(6-9-27-22)12-29-25(36)18-4-3-5-20(11-18)28-14-23-32-33-24(35(23)2)21-7-8-26-16-30-21/h3-11,13,15-16,28H,12,14H2,1-2H3,(H,29,36). The van der Waals surface area contributed by atoms with Crippen molar-refractivity contribution >= 4 is 11.6 Å². The van der Waals surface area contributed by atoms with Crippen molar-refractivity contribution in [3.8, 4) is 22.8 Å². The molecule has 0 bridgehead atoms. The Kier molecular flexibility index (Phi) is 6.43. The minimum atomic E-state index is -0.164. The molecule has 0 fully saturated rings. The molecule has 5 aromatic rings. The molecule has 0 aliphatic heterocycles. The Morgan fingerprint density at radius 3 is 2.69 bits per heavy atom. The summed E-state index contributed by atoms with van der Waals surface area (Å²) in [4.78, 5) is 25.4. The second kappa shape index (κ2) is 10.1. The van der Waals surface area contributed by atoms with Gasteiger partial charge in [0.15, 0.2) is 11.6 Å². The molecule has 1 amide bonds. The van der Waals surface area contributed by atoms with E-state index in [1.165, 1.54) is 6.33 Å². The molecule has 0 unspecified atom stereocenters. The SMILES string of the molecule is Cn1cc(-c2cc(CNC(=O)c3cccc(NCc4nnc(-c5ccncn5)n4C)c3)ccn2)cn1. The summed E-state index contributed by atoms with van der Waals surface area (Å²) in [5.41, 5.74) is 4.75. The van der Waals surface area contributed by atoms with Crippen molar-refractivity contribution in [2.75, 3.05) is 5.32 Å². The van der Waals surface area contributed by atoms with E-state index in [1.54, 1.807) is 35.4 Å². The highest BCUT2D eigenvalue weighted by Crippen LogP contribution is 2.18. The van der Waals surface area contributed by atoms with Gasteiger partial charge in [-0.3, -0.25) is 14.5 Å². The quantitative estimate of drug-likeness (QED) is 0.347. The molecule has 36 heavy (non-hydrogen) atoms. The Hall–Kier alpha value is -4.93. The van der Waals surface area contributed by atoms with Crippen LogP contribution in [0.2, 0.25) is 0 Å². The van der Waals surface area contributed by atoms with E-state index >= 15 is 0 Å². The highest BCUT2D eigenvalue weighted by molar-refractivity contribution is 5.95. The number of nitrogens with one attached hydrogen (secondary N) is 2. The van der Waals surface area contributed by atoms with Crippen LogP contribution in [0, 0.1) is 0 Å². The number of aromatic nitrogens is 8. The number of benzene rings is 1. The van der Waals surface area contributed by atoms with Crippen LogP contribution in [0.15, 0.2) is 73.6 Å². The zero-order chi connectivity index (χ0) is 24.9. The summed E-state index contributed by atoms with van der Waals surface area (Å²) >= 11 is 0. The van der Waals surface area contributed by atoms with Crippen LogP contribution >= 0.6 is 0 Å². The maximum Gasteiger partial charge on any atom is 0.251 e. The molecule has 4 aromatic heterocycles. The van der Waals surface area contributed by atoms with Crippen molar-refractivity contribution in [3.63, 3.8) is 0 Å². The lowest BCUT2D eigenvalue weighted by molar-refractivity contribution is 0.0951. The topological polar surface area (TPSA) is 128 Å². The van der Waals surface area contributed by atoms with Crippen LogP contribution in [0.5, 0.6) is 0 Å². The Balaban J connectivity index is 1.21. The first-order chi connectivity index (χ1) is 17.6. The van der Waals surface area contributed by atoms with Crippen LogP contribution in [-0.2, 0) is 27.2 Å². The van der Waals surface area contributed by atoms with E-state index in [0.717, 1.165) is 28.3 Å². The molecule has 4 heterocycles. The highest BCUT2D eigenvalue weighted by Gasteiger charge is 2.12. The first kappa shape index (κ1) is 22.8. The Labute approximate surface area is 207 Å². The van der Waals surface area contributed by atoms with Crippen LogP contribution in [-0.4, -0.2) is 45.4 Å². The molecule has 0 saturated heterocycles. The number of hydrogen-bond acceptors (Lipinski definition) is 8. The second-order valence-corrected chi connectivity index (χ2v) is 8.16. The van der Waals surface area contributed by atoms with Gasteiger partial charge in [-0.25, -0.2) is 9.97 Å². The Morgan fingerprint density at radius 1 is 0.972 bits per heavy atom. The van der Waals surface area contributed by atoms with E-state index in [-0.39, 0.29) is 5.91 Å². The number of aryl methyl sites for hydroxylation is 1. The van der Waals surface area contributed by atoms with Crippen LogP contribution in [0.3, 0.4) is 0 Å². The lowest BCUT2D eigenvalue weighted by Gasteiger charge is -2.10. The van der Waals surface area contributed by atoms with Crippen molar-refractivity contribution in [1.29, 1.82) is 0 Å². The van der Waals surface area contributed by atoms with Crippen LogP contribution in [0.1, 0.15) is 21.7 Å². The number of carbonyl (C=O) groups excluding carboxylic acids is 1. The Morgan fingerprint density at radius 2 is 1.89 bits per heavy atom. The number of carbonyl (C=O) groups is 1. The highest BCUT2D eigenvalue weighted by atomic mass is 16.1. The maximum atomic E-state index is 12.8. The van der Waals surface area contributed by atoms with E-state index in [9.17, 15) is 4.79 Å².